The van der Waals surface area contributed by atoms with Crippen molar-refractivity contribution in [1.82, 2.24) is 0 Å². The summed E-state index contributed by atoms with van der Waals surface area (Å²) in [5, 5.41) is 0. The molecular weight excluding hydrogens is 400 g/mol. The Morgan fingerprint density at radius 2 is 1.47 bits per heavy atom. The van der Waals surface area contributed by atoms with Crippen molar-refractivity contribution < 1.29 is 18.9 Å². The molecule has 166 valence electrons. The lowest BCUT2D eigenvalue weighted by atomic mass is 9.82. The van der Waals surface area contributed by atoms with Crippen molar-refractivity contribution in [3.8, 4) is 0 Å². The van der Waals surface area contributed by atoms with Gasteiger partial charge in [-0.2, -0.15) is 0 Å². The maximum atomic E-state index is 6.55. The van der Waals surface area contributed by atoms with Gasteiger partial charge < -0.3 is 18.9 Å². The third-order valence-corrected chi connectivity index (χ3v) is 6.51. The summed E-state index contributed by atoms with van der Waals surface area (Å²) >= 11 is 0. The first-order valence-electron chi connectivity index (χ1n) is 11.4. The van der Waals surface area contributed by atoms with E-state index in [2.05, 4.69) is 55.5 Å². The molecule has 0 aliphatic carbocycles. The Kier molecular flexibility index (Phi) is 6.65. The van der Waals surface area contributed by atoms with Gasteiger partial charge in [-0.25, -0.2) is 0 Å². The zero-order chi connectivity index (χ0) is 21.8. The monoisotopic (exact) mass is 430 g/mol. The average Bonchev–Trinajstić information content (AvgIpc) is 2.85. The molecule has 0 aromatic heterocycles. The second-order valence-electron chi connectivity index (χ2n) is 8.66. The minimum Gasteiger partial charge on any atom is -0.376 e. The molecule has 0 bridgehead atoms. The van der Waals surface area contributed by atoms with Crippen LogP contribution in [-0.2, 0) is 38.8 Å². The standard InChI is InChI=1S/C28H30O4/c1-20-25(19-29-16-21-10-4-2-5-11-21)26(30-17-22-12-6-3-7-13-22)28-27(32-20)24-15-9-8-14-23(24)18-31-28/h2-15,20,25-28H,16-19H2,1H3/t20?,25?,26-,27?,28?/m1/s1. The number of ether oxygens (including phenoxy) is 4. The van der Waals surface area contributed by atoms with Gasteiger partial charge in [0.25, 0.3) is 0 Å². The van der Waals surface area contributed by atoms with E-state index in [0.29, 0.717) is 26.4 Å². The van der Waals surface area contributed by atoms with Crippen LogP contribution in [0.4, 0.5) is 0 Å². The number of rotatable bonds is 7. The van der Waals surface area contributed by atoms with Crippen molar-refractivity contribution in [2.45, 2.75) is 51.2 Å². The predicted molar refractivity (Wildman–Crippen MR) is 123 cm³/mol. The van der Waals surface area contributed by atoms with Gasteiger partial charge in [-0.1, -0.05) is 84.9 Å². The highest BCUT2D eigenvalue weighted by atomic mass is 16.6. The van der Waals surface area contributed by atoms with E-state index in [4.69, 9.17) is 18.9 Å². The van der Waals surface area contributed by atoms with Crippen molar-refractivity contribution in [3.05, 3.63) is 107 Å². The van der Waals surface area contributed by atoms with E-state index in [1.807, 2.05) is 36.4 Å². The van der Waals surface area contributed by atoms with Crippen molar-refractivity contribution in [2.75, 3.05) is 6.61 Å². The molecule has 5 rings (SSSR count). The molecule has 1 saturated heterocycles. The first-order valence-corrected chi connectivity index (χ1v) is 11.4. The third-order valence-electron chi connectivity index (χ3n) is 6.51. The summed E-state index contributed by atoms with van der Waals surface area (Å²) in [7, 11) is 0. The van der Waals surface area contributed by atoms with Gasteiger partial charge in [0.1, 0.15) is 12.2 Å². The van der Waals surface area contributed by atoms with Crippen LogP contribution in [0.15, 0.2) is 84.9 Å². The molecule has 4 heteroatoms. The third kappa shape index (κ3) is 4.64. The number of hydrogen-bond acceptors (Lipinski definition) is 4. The molecule has 0 amide bonds. The lowest BCUT2D eigenvalue weighted by Gasteiger charge is -2.48. The molecule has 2 aliphatic rings. The highest BCUT2D eigenvalue weighted by Gasteiger charge is 2.48. The molecule has 4 unspecified atom stereocenters. The highest BCUT2D eigenvalue weighted by Crippen LogP contribution is 2.43. The quantitative estimate of drug-likeness (QED) is 0.499. The maximum absolute atomic E-state index is 6.55. The zero-order valence-electron chi connectivity index (χ0n) is 18.4. The molecule has 5 atom stereocenters. The molecule has 3 aromatic rings. The molecule has 4 nitrogen and oxygen atoms in total. The smallest absolute Gasteiger partial charge is 0.115 e. The zero-order valence-corrected chi connectivity index (χ0v) is 18.4. The largest absolute Gasteiger partial charge is 0.376 e. The first kappa shape index (κ1) is 21.4. The summed E-state index contributed by atoms with van der Waals surface area (Å²) in [6.07, 6.45) is -0.410. The van der Waals surface area contributed by atoms with Crippen LogP contribution in [0.5, 0.6) is 0 Å². The second kappa shape index (κ2) is 9.97. The summed E-state index contributed by atoms with van der Waals surface area (Å²) in [5.41, 5.74) is 4.73. The van der Waals surface area contributed by atoms with Crippen LogP contribution in [0.2, 0.25) is 0 Å². The number of hydrogen-bond donors (Lipinski definition) is 0. The van der Waals surface area contributed by atoms with Crippen LogP contribution >= 0.6 is 0 Å². The second-order valence-corrected chi connectivity index (χ2v) is 8.66. The van der Waals surface area contributed by atoms with Crippen molar-refractivity contribution in [1.29, 1.82) is 0 Å². The summed E-state index contributed by atoms with van der Waals surface area (Å²) in [4.78, 5) is 0. The predicted octanol–water partition coefficient (Wildman–Crippen LogP) is 5.46. The molecule has 0 radical (unpaired) electrons. The van der Waals surface area contributed by atoms with E-state index in [1.54, 1.807) is 0 Å². The summed E-state index contributed by atoms with van der Waals surface area (Å²) in [6, 6.07) is 29.0. The molecule has 1 fully saturated rings. The van der Waals surface area contributed by atoms with Gasteiger partial charge in [0.05, 0.1) is 38.6 Å². The Morgan fingerprint density at radius 1 is 0.812 bits per heavy atom. The molecule has 0 N–H and O–H groups in total. The summed E-state index contributed by atoms with van der Waals surface area (Å²) in [5.74, 6) is 0.0777. The Bertz CT molecular complexity index is 991. The lowest BCUT2D eigenvalue weighted by Crippen LogP contribution is -2.54. The fourth-order valence-corrected chi connectivity index (χ4v) is 4.76. The minimum absolute atomic E-state index is 0.0115. The first-order chi connectivity index (χ1) is 15.8. The van der Waals surface area contributed by atoms with Gasteiger partial charge in [0.15, 0.2) is 0 Å². The maximum Gasteiger partial charge on any atom is 0.115 e. The number of fused-ring (bicyclic) bond motifs is 3. The molecular formula is C28H30O4. The Hall–Kier alpha value is -2.50. The van der Waals surface area contributed by atoms with Gasteiger partial charge in [-0.3, -0.25) is 0 Å². The summed E-state index contributed by atoms with van der Waals surface area (Å²) in [6.45, 7) is 4.39. The van der Waals surface area contributed by atoms with E-state index in [9.17, 15) is 0 Å². The fraction of sp³-hybridized carbons (Fsp3) is 0.357. The summed E-state index contributed by atoms with van der Waals surface area (Å²) < 4.78 is 25.6. The molecule has 0 saturated carbocycles. The average molecular weight is 431 g/mol. The van der Waals surface area contributed by atoms with E-state index >= 15 is 0 Å². The van der Waals surface area contributed by atoms with Crippen LogP contribution in [-0.4, -0.2) is 24.9 Å². The van der Waals surface area contributed by atoms with Crippen molar-refractivity contribution in [3.63, 3.8) is 0 Å². The van der Waals surface area contributed by atoms with Gasteiger partial charge in [0, 0.05) is 5.92 Å². The van der Waals surface area contributed by atoms with E-state index < -0.39 is 0 Å². The Balaban J connectivity index is 1.35. The fourth-order valence-electron chi connectivity index (χ4n) is 4.76. The lowest BCUT2D eigenvalue weighted by molar-refractivity contribution is -0.248. The van der Waals surface area contributed by atoms with Gasteiger partial charge in [-0.05, 0) is 29.2 Å². The van der Waals surface area contributed by atoms with Gasteiger partial charge in [-0.15, -0.1) is 0 Å². The van der Waals surface area contributed by atoms with Crippen LogP contribution in [0.25, 0.3) is 0 Å². The van der Waals surface area contributed by atoms with Crippen molar-refractivity contribution >= 4 is 0 Å². The Morgan fingerprint density at radius 3 is 2.22 bits per heavy atom. The number of benzene rings is 3. The van der Waals surface area contributed by atoms with E-state index in [-0.39, 0.29) is 30.3 Å². The van der Waals surface area contributed by atoms with Crippen LogP contribution in [0.1, 0.15) is 35.3 Å². The van der Waals surface area contributed by atoms with E-state index in [1.165, 1.54) is 16.7 Å². The van der Waals surface area contributed by atoms with Crippen LogP contribution < -0.4 is 0 Å². The molecule has 2 heterocycles. The Labute approximate surface area is 190 Å². The van der Waals surface area contributed by atoms with E-state index in [0.717, 1.165) is 5.56 Å². The molecule has 0 spiro atoms. The van der Waals surface area contributed by atoms with Gasteiger partial charge >= 0.3 is 0 Å². The van der Waals surface area contributed by atoms with Crippen molar-refractivity contribution in [2.24, 2.45) is 5.92 Å². The van der Waals surface area contributed by atoms with Gasteiger partial charge in [0.2, 0.25) is 0 Å². The van der Waals surface area contributed by atoms with Crippen LogP contribution in [0, 0.1) is 5.92 Å². The normalized spacial score (nSPS) is 26.8. The molecule has 3 aromatic carbocycles. The SMILES string of the molecule is CC1OC2c3ccccc3COC2[C@H](OCc2ccccc2)C1COCc1ccccc1. The minimum atomic E-state index is -0.157. The molecule has 32 heavy (non-hydrogen) atoms. The van der Waals surface area contributed by atoms with Crippen LogP contribution in [0.3, 0.4) is 0 Å². The molecule has 2 aliphatic heterocycles. The topological polar surface area (TPSA) is 36.9 Å². The highest BCUT2D eigenvalue weighted by molar-refractivity contribution is 5.32.